The minimum atomic E-state index is -0.525. The monoisotopic (exact) mass is 375 g/mol. The molecular formula is C21H17N3O4. The van der Waals surface area contributed by atoms with Gasteiger partial charge in [0.2, 0.25) is 18.6 Å². The molecule has 2 N–H and O–H groups in total. The van der Waals surface area contributed by atoms with Crippen LogP contribution >= 0.6 is 0 Å². The van der Waals surface area contributed by atoms with Crippen LogP contribution in [0.25, 0.3) is 10.9 Å². The number of amides is 2. The van der Waals surface area contributed by atoms with E-state index in [2.05, 4.69) is 16.4 Å². The van der Waals surface area contributed by atoms with Crippen molar-refractivity contribution >= 4 is 22.7 Å². The molecule has 3 aliphatic heterocycles. The Labute approximate surface area is 160 Å². The third kappa shape index (κ3) is 2.04. The minimum absolute atomic E-state index is 0.0198. The van der Waals surface area contributed by atoms with Crippen LogP contribution in [0.15, 0.2) is 42.5 Å². The molecule has 0 aliphatic carbocycles. The lowest BCUT2D eigenvalue weighted by molar-refractivity contribution is -0.148. The molecule has 4 heterocycles. The fourth-order valence-electron chi connectivity index (χ4n) is 4.60. The number of benzene rings is 2. The summed E-state index contributed by atoms with van der Waals surface area (Å²) in [6, 6.07) is 12.8. The SMILES string of the molecule is O=C1NCC(=O)N2[C@H](c3ccc4c(c3)OCO4)c3[nH]c4ccccc4c3C[C@@H]12. The number of para-hydroxylation sites is 1. The summed E-state index contributed by atoms with van der Waals surface area (Å²) in [5.74, 6) is 1.15. The molecule has 7 nitrogen and oxygen atoms in total. The summed E-state index contributed by atoms with van der Waals surface area (Å²) in [5, 5.41) is 3.82. The van der Waals surface area contributed by atoms with Crippen molar-refractivity contribution in [2.45, 2.75) is 18.5 Å². The highest BCUT2D eigenvalue weighted by molar-refractivity contribution is 5.97. The molecule has 1 fully saturated rings. The predicted octanol–water partition coefficient (Wildman–Crippen LogP) is 1.87. The van der Waals surface area contributed by atoms with Crippen molar-refractivity contribution in [3.05, 3.63) is 59.3 Å². The van der Waals surface area contributed by atoms with E-state index < -0.39 is 6.04 Å². The van der Waals surface area contributed by atoms with Gasteiger partial charge in [0.1, 0.15) is 6.04 Å². The zero-order valence-corrected chi connectivity index (χ0v) is 14.9. The Morgan fingerprint density at radius 2 is 1.89 bits per heavy atom. The first-order valence-corrected chi connectivity index (χ1v) is 9.28. The average molecular weight is 375 g/mol. The zero-order valence-electron chi connectivity index (χ0n) is 14.9. The number of aromatic nitrogens is 1. The van der Waals surface area contributed by atoms with Gasteiger partial charge in [-0.3, -0.25) is 9.59 Å². The first-order valence-electron chi connectivity index (χ1n) is 9.28. The number of hydrogen-bond donors (Lipinski definition) is 2. The quantitative estimate of drug-likeness (QED) is 0.680. The Morgan fingerprint density at radius 1 is 1.04 bits per heavy atom. The number of nitrogens with one attached hydrogen (secondary N) is 2. The van der Waals surface area contributed by atoms with E-state index in [1.165, 1.54) is 0 Å². The fraction of sp³-hybridized carbons (Fsp3) is 0.238. The van der Waals surface area contributed by atoms with E-state index in [1.807, 2.05) is 36.4 Å². The second kappa shape index (κ2) is 5.51. The van der Waals surface area contributed by atoms with E-state index in [0.717, 1.165) is 27.7 Å². The summed E-state index contributed by atoms with van der Waals surface area (Å²) in [5.41, 5.74) is 3.94. The molecule has 3 aromatic rings. The number of hydrogen-bond acceptors (Lipinski definition) is 4. The molecule has 7 heteroatoms. The van der Waals surface area contributed by atoms with E-state index in [9.17, 15) is 9.59 Å². The summed E-state index contributed by atoms with van der Waals surface area (Å²) in [7, 11) is 0. The van der Waals surface area contributed by atoms with E-state index >= 15 is 0 Å². The maximum absolute atomic E-state index is 12.9. The number of piperazine rings is 1. The molecule has 0 unspecified atom stereocenters. The maximum atomic E-state index is 12.9. The summed E-state index contributed by atoms with van der Waals surface area (Å²) >= 11 is 0. The molecule has 1 saturated heterocycles. The Morgan fingerprint density at radius 3 is 2.82 bits per heavy atom. The van der Waals surface area contributed by atoms with Crippen LogP contribution in [0, 0.1) is 0 Å². The number of aromatic amines is 1. The lowest BCUT2D eigenvalue weighted by Crippen LogP contribution is -2.61. The maximum Gasteiger partial charge on any atom is 0.243 e. The van der Waals surface area contributed by atoms with Gasteiger partial charge in [-0.15, -0.1) is 0 Å². The van der Waals surface area contributed by atoms with Crippen molar-refractivity contribution in [2.75, 3.05) is 13.3 Å². The number of nitrogens with zero attached hydrogens (tertiary/aromatic N) is 1. The normalized spacial score (nSPS) is 22.8. The Hall–Kier alpha value is -3.48. The summed E-state index contributed by atoms with van der Waals surface area (Å²) in [6.07, 6.45) is 0.498. The molecule has 0 saturated carbocycles. The van der Waals surface area contributed by atoms with Crippen LogP contribution in [0.4, 0.5) is 0 Å². The average Bonchev–Trinajstić information content (AvgIpc) is 3.33. The third-order valence-electron chi connectivity index (χ3n) is 5.85. The van der Waals surface area contributed by atoms with Gasteiger partial charge in [-0.05, 0) is 29.3 Å². The van der Waals surface area contributed by atoms with Crippen molar-refractivity contribution in [3.8, 4) is 11.5 Å². The topological polar surface area (TPSA) is 83.7 Å². The predicted molar refractivity (Wildman–Crippen MR) is 100 cm³/mol. The second-order valence-electron chi connectivity index (χ2n) is 7.32. The van der Waals surface area contributed by atoms with Gasteiger partial charge in [-0.2, -0.15) is 0 Å². The zero-order chi connectivity index (χ0) is 18.8. The van der Waals surface area contributed by atoms with E-state index in [0.29, 0.717) is 17.9 Å². The lowest BCUT2D eigenvalue weighted by atomic mass is 9.86. The van der Waals surface area contributed by atoms with Crippen LogP contribution in [0.5, 0.6) is 11.5 Å². The first kappa shape index (κ1) is 15.6. The molecule has 0 radical (unpaired) electrons. The Balaban J connectivity index is 1.60. The van der Waals surface area contributed by atoms with Crippen molar-refractivity contribution in [1.29, 1.82) is 0 Å². The molecule has 2 aromatic carbocycles. The van der Waals surface area contributed by atoms with Crippen LogP contribution in [-0.4, -0.2) is 41.1 Å². The number of carbonyl (C=O) groups excluding carboxylic acids is 2. The third-order valence-corrected chi connectivity index (χ3v) is 5.85. The van der Waals surface area contributed by atoms with Crippen LogP contribution in [-0.2, 0) is 16.0 Å². The fourth-order valence-corrected chi connectivity index (χ4v) is 4.60. The molecule has 3 aliphatic rings. The summed E-state index contributed by atoms with van der Waals surface area (Å²) < 4.78 is 11.0. The summed E-state index contributed by atoms with van der Waals surface area (Å²) in [4.78, 5) is 30.7. The van der Waals surface area contributed by atoms with Gasteiger partial charge >= 0.3 is 0 Å². The van der Waals surface area contributed by atoms with Gasteiger partial charge in [0, 0.05) is 23.0 Å². The van der Waals surface area contributed by atoms with Gasteiger partial charge in [0.25, 0.3) is 0 Å². The standard InChI is InChI=1S/C21H17N3O4/c25-18-9-22-21(26)15-8-13-12-3-1-2-4-14(12)23-19(13)20(24(15)18)11-5-6-16-17(7-11)28-10-27-16/h1-7,15,20,23H,8-10H2,(H,22,26)/t15-,20+/m0/s1. The number of carbonyl (C=O) groups is 2. The molecular weight excluding hydrogens is 358 g/mol. The molecule has 2 atom stereocenters. The summed E-state index contributed by atoms with van der Waals surface area (Å²) in [6.45, 7) is 0.209. The highest BCUT2D eigenvalue weighted by atomic mass is 16.7. The van der Waals surface area contributed by atoms with Crippen LogP contribution in [0.1, 0.15) is 22.9 Å². The Kier molecular flexibility index (Phi) is 3.06. The Bertz CT molecular complexity index is 1150. The van der Waals surface area contributed by atoms with Gasteiger partial charge in [0.05, 0.1) is 12.6 Å². The van der Waals surface area contributed by atoms with Gasteiger partial charge in [0.15, 0.2) is 11.5 Å². The molecule has 1 aromatic heterocycles. The number of ether oxygens (including phenoxy) is 2. The van der Waals surface area contributed by atoms with Crippen LogP contribution in [0.3, 0.4) is 0 Å². The van der Waals surface area contributed by atoms with E-state index in [-0.39, 0.29) is 31.2 Å². The largest absolute Gasteiger partial charge is 0.454 e. The minimum Gasteiger partial charge on any atom is -0.454 e. The van der Waals surface area contributed by atoms with Crippen molar-refractivity contribution in [2.24, 2.45) is 0 Å². The molecule has 0 spiro atoms. The van der Waals surface area contributed by atoms with E-state index in [1.54, 1.807) is 4.90 Å². The van der Waals surface area contributed by atoms with E-state index in [4.69, 9.17) is 9.47 Å². The smallest absolute Gasteiger partial charge is 0.243 e. The highest BCUT2D eigenvalue weighted by Crippen LogP contribution is 2.44. The first-order chi connectivity index (χ1) is 13.7. The van der Waals surface area contributed by atoms with Gasteiger partial charge in [-0.1, -0.05) is 24.3 Å². The highest BCUT2D eigenvalue weighted by Gasteiger charge is 2.45. The van der Waals surface area contributed by atoms with Crippen LogP contribution < -0.4 is 14.8 Å². The van der Waals surface area contributed by atoms with Crippen molar-refractivity contribution in [1.82, 2.24) is 15.2 Å². The number of fused-ring (bicyclic) bond motifs is 5. The lowest BCUT2D eigenvalue weighted by Gasteiger charge is -2.44. The van der Waals surface area contributed by atoms with Crippen molar-refractivity contribution < 1.29 is 19.1 Å². The van der Waals surface area contributed by atoms with Gasteiger partial charge in [-0.25, -0.2) is 0 Å². The van der Waals surface area contributed by atoms with Gasteiger partial charge < -0.3 is 24.7 Å². The second-order valence-corrected chi connectivity index (χ2v) is 7.32. The number of H-pyrrole nitrogens is 1. The molecule has 2 amide bonds. The van der Waals surface area contributed by atoms with Crippen molar-refractivity contribution in [3.63, 3.8) is 0 Å². The molecule has 6 rings (SSSR count). The molecule has 28 heavy (non-hydrogen) atoms. The molecule has 0 bridgehead atoms. The number of rotatable bonds is 1. The van der Waals surface area contributed by atoms with Crippen LogP contribution in [0.2, 0.25) is 0 Å². The molecule has 140 valence electrons.